The quantitative estimate of drug-likeness (QED) is 0.712. The van der Waals surface area contributed by atoms with Crippen molar-refractivity contribution in [3.8, 4) is 0 Å². The summed E-state index contributed by atoms with van der Waals surface area (Å²) in [4.78, 5) is 11.2. The van der Waals surface area contributed by atoms with E-state index in [1.54, 1.807) is 6.92 Å². The maximum Gasteiger partial charge on any atom is 0.411 e. The van der Waals surface area contributed by atoms with Gasteiger partial charge in [-0.3, -0.25) is 5.32 Å². The Morgan fingerprint density at radius 2 is 1.89 bits per heavy atom. The van der Waals surface area contributed by atoms with Crippen LogP contribution in [0.15, 0.2) is 24.3 Å². The molecule has 4 nitrogen and oxygen atoms in total. The monoisotopic (exact) mass is 282 g/mol. The van der Waals surface area contributed by atoms with Crippen molar-refractivity contribution in [2.45, 2.75) is 19.8 Å². The van der Waals surface area contributed by atoms with E-state index in [-0.39, 0.29) is 0 Å². The van der Waals surface area contributed by atoms with Crippen LogP contribution < -0.4 is 10.6 Å². The van der Waals surface area contributed by atoms with E-state index in [1.165, 1.54) is 18.6 Å². The first-order valence-electron chi connectivity index (χ1n) is 6.53. The summed E-state index contributed by atoms with van der Waals surface area (Å²) < 4.78 is 4.81. The van der Waals surface area contributed by atoms with Gasteiger partial charge in [0.25, 0.3) is 0 Å². The molecule has 0 aliphatic heterocycles. The molecule has 1 rings (SSSR count). The fourth-order valence-electron chi connectivity index (χ4n) is 1.56. The van der Waals surface area contributed by atoms with Gasteiger partial charge < -0.3 is 10.1 Å². The Balaban J connectivity index is 2.29. The minimum atomic E-state index is -0.416. The molecular formula is C14H22N2O2S. The van der Waals surface area contributed by atoms with E-state index in [0.717, 1.165) is 17.9 Å². The number of rotatable bonds is 8. The molecule has 0 atom stereocenters. The molecule has 106 valence electrons. The van der Waals surface area contributed by atoms with Gasteiger partial charge in [0.05, 0.1) is 6.61 Å². The summed E-state index contributed by atoms with van der Waals surface area (Å²) >= 11 is 1.88. The van der Waals surface area contributed by atoms with Gasteiger partial charge in [-0.2, -0.15) is 11.8 Å². The molecule has 5 heteroatoms. The van der Waals surface area contributed by atoms with E-state index in [1.807, 2.05) is 36.0 Å². The fourth-order valence-corrected chi connectivity index (χ4v) is 2.05. The molecule has 0 aromatic heterocycles. The highest BCUT2D eigenvalue weighted by atomic mass is 32.2. The third-order valence-corrected chi connectivity index (χ3v) is 3.21. The molecule has 19 heavy (non-hydrogen) atoms. The molecule has 0 radical (unpaired) electrons. The lowest BCUT2D eigenvalue weighted by atomic mass is 10.2. The lowest BCUT2D eigenvalue weighted by Gasteiger charge is -2.08. The summed E-state index contributed by atoms with van der Waals surface area (Å²) in [5.41, 5.74) is 1.81. The fraction of sp³-hybridized carbons (Fsp3) is 0.500. The van der Waals surface area contributed by atoms with Crippen molar-refractivity contribution in [3.63, 3.8) is 0 Å². The van der Waals surface area contributed by atoms with E-state index in [2.05, 4.69) is 16.9 Å². The smallest absolute Gasteiger partial charge is 0.411 e. The van der Waals surface area contributed by atoms with Crippen LogP contribution in [0.2, 0.25) is 0 Å². The first kappa shape index (κ1) is 15.7. The van der Waals surface area contributed by atoms with E-state index in [0.29, 0.717) is 6.61 Å². The Hall–Kier alpha value is -1.36. The summed E-state index contributed by atoms with van der Waals surface area (Å²) in [5, 5.41) is 6.02. The Bertz CT molecular complexity index is 368. The van der Waals surface area contributed by atoms with Gasteiger partial charge in [-0.15, -0.1) is 0 Å². The number of amides is 1. The van der Waals surface area contributed by atoms with E-state index in [4.69, 9.17) is 4.74 Å². The minimum absolute atomic E-state index is 0.377. The van der Waals surface area contributed by atoms with E-state index < -0.39 is 6.09 Å². The van der Waals surface area contributed by atoms with Gasteiger partial charge in [0.1, 0.15) is 0 Å². The maximum absolute atomic E-state index is 11.2. The molecule has 0 bridgehead atoms. The van der Waals surface area contributed by atoms with Crippen molar-refractivity contribution < 1.29 is 9.53 Å². The largest absolute Gasteiger partial charge is 0.450 e. The van der Waals surface area contributed by atoms with E-state index in [9.17, 15) is 4.79 Å². The molecular weight excluding hydrogens is 260 g/mol. The average molecular weight is 282 g/mol. The number of carbonyl (C=O) groups excluding carboxylic acids is 1. The van der Waals surface area contributed by atoms with Crippen LogP contribution >= 0.6 is 11.8 Å². The molecule has 0 aliphatic carbocycles. The van der Waals surface area contributed by atoms with Gasteiger partial charge in [0.2, 0.25) is 0 Å². The van der Waals surface area contributed by atoms with Crippen LogP contribution in [0.5, 0.6) is 0 Å². The molecule has 1 aromatic carbocycles. The molecule has 0 saturated carbocycles. The SMILES string of the molecule is CCOC(=O)Nc1ccc(NCCCCSC)cc1. The number of hydrogen-bond donors (Lipinski definition) is 2. The van der Waals surface area contributed by atoms with Gasteiger partial charge in [0, 0.05) is 17.9 Å². The molecule has 1 aromatic rings. The minimum Gasteiger partial charge on any atom is -0.450 e. The number of hydrogen-bond acceptors (Lipinski definition) is 4. The van der Waals surface area contributed by atoms with Crippen LogP contribution in [0.25, 0.3) is 0 Å². The Kier molecular flexibility index (Phi) is 7.89. The summed E-state index contributed by atoms with van der Waals surface area (Å²) in [6, 6.07) is 7.63. The second-order valence-corrected chi connectivity index (χ2v) is 5.04. The number of thioether (sulfide) groups is 1. The van der Waals surface area contributed by atoms with Crippen LogP contribution in [-0.4, -0.2) is 31.3 Å². The number of benzene rings is 1. The zero-order valence-electron chi connectivity index (χ0n) is 11.6. The van der Waals surface area contributed by atoms with E-state index >= 15 is 0 Å². The summed E-state index contributed by atoms with van der Waals surface area (Å²) in [5.74, 6) is 1.21. The highest BCUT2D eigenvalue weighted by molar-refractivity contribution is 7.98. The normalized spacial score (nSPS) is 10.0. The predicted octanol–water partition coefficient (Wildman–Crippen LogP) is 3.81. The van der Waals surface area contributed by atoms with Gasteiger partial charge in [0.15, 0.2) is 0 Å². The van der Waals surface area contributed by atoms with Crippen molar-refractivity contribution in [1.82, 2.24) is 0 Å². The Morgan fingerprint density at radius 1 is 1.21 bits per heavy atom. The zero-order valence-corrected chi connectivity index (χ0v) is 12.4. The zero-order chi connectivity index (χ0) is 13.9. The van der Waals surface area contributed by atoms with Crippen molar-refractivity contribution in [3.05, 3.63) is 24.3 Å². The number of carbonyl (C=O) groups is 1. The first-order valence-corrected chi connectivity index (χ1v) is 7.92. The van der Waals surface area contributed by atoms with Crippen LogP contribution in [0.1, 0.15) is 19.8 Å². The molecule has 0 fully saturated rings. The standard InChI is InChI=1S/C14H22N2O2S/c1-3-18-14(17)16-13-8-6-12(7-9-13)15-10-4-5-11-19-2/h6-9,15H,3-5,10-11H2,1-2H3,(H,16,17). The molecule has 1 amide bonds. The third-order valence-electron chi connectivity index (χ3n) is 2.51. The average Bonchev–Trinajstić information content (AvgIpc) is 2.41. The second kappa shape index (κ2) is 9.55. The molecule has 2 N–H and O–H groups in total. The lowest BCUT2D eigenvalue weighted by molar-refractivity contribution is 0.168. The lowest BCUT2D eigenvalue weighted by Crippen LogP contribution is -2.13. The number of ether oxygens (including phenoxy) is 1. The summed E-state index contributed by atoms with van der Waals surface area (Å²) in [6.45, 7) is 3.14. The van der Waals surface area contributed by atoms with Crippen molar-refractivity contribution >= 4 is 29.2 Å². The molecule has 0 aliphatic rings. The highest BCUT2D eigenvalue weighted by Gasteiger charge is 2.01. The van der Waals surface area contributed by atoms with Gasteiger partial charge in [-0.25, -0.2) is 4.79 Å². The maximum atomic E-state index is 11.2. The first-order chi connectivity index (χ1) is 9.26. The van der Waals surface area contributed by atoms with Crippen LogP contribution in [-0.2, 0) is 4.74 Å². The van der Waals surface area contributed by atoms with Gasteiger partial charge in [-0.1, -0.05) is 0 Å². The Labute approximate surface area is 119 Å². The number of anilines is 2. The van der Waals surface area contributed by atoms with Gasteiger partial charge in [-0.05, 0) is 56.0 Å². The number of unbranched alkanes of at least 4 members (excludes halogenated alkanes) is 1. The number of nitrogens with one attached hydrogen (secondary N) is 2. The van der Waals surface area contributed by atoms with Crippen LogP contribution in [0.3, 0.4) is 0 Å². The third kappa shape index (κ3) is 6.96. The topological polar surface area (TPSA) is 50.4 Å². The highest BCUT2D eigenvalue weighted by Crippen LogP contribution is 2.14. The van der Waals surface area contributed by atoms with Crippen molar-refractivity contribution in [2.75, 3.05) is 35.8 Å². The molecule has 0 spiro atoms. The molecule has 0 heterocycles. The Morgan fingerprint density at radius 3 is 2.53 bits per heavy atom. The molecule has 0 unspecified atom stereocenters. The molecule has 0 saturated heterocycles. The van der Waals surface area contributed by atoms with Gasteiger partial charge >= 0.3 is 6.09 Å². The van der Waals surface area contributed by atoms with Crippen LogP contribution in [0.4, 0.5) is 16.2 Å². The second-order valence-electron chi connectivity index (χ2n) is 4.05. The van der Waals surface area contributed by atoms with Crippen LogP contribution in [0, 0.1) is 0 Å². The summed E-state index contributed by atoms with van der Waals surface area (Å²) in [7, 11) is 0. The van der Waals surface area contributed by atoms with Crippen molar-refractivity contribution in [1.29, 1.82) is 0 Å². The predicted molar refractivity (Wildman–Crippen MR) is 83.2 cm³/mol. The summed E-state index contributed by atoms with van der Waals surface area (Å²) in [6.07, 6.45) is 4.11. The van der Waals surface area contributed by atoms with Crippen molar-refractivity contribution in [2.24, 2.45) is 0 Å².